The second kappa shape index (κ2) is 8.10. The van der Waals surface area contributed by atoms with Gasteiger partial charge < -0.3 is 20.2 Å². The molecule has 0 spiro atoms. The van der Waals surface area contributed by atoms with Gasteiger partial charge in [0.2, 0.25) is 5.91 Å². The largest absolute Gasteiger partial charge is 0.493 e. The van der Waals surface area contributed by atoms with Gasteiger partial charge >= 0.3 is 5.63 Å². The summed E-state index contributed by atoms with van der Waals surface area (Å²) >= 11 is 0. The molecule has 2 amide bonds. The third kappa shape index (κ3) is 4.02. The highest BCUT2D eigenvalue weighted by Crippen LogP contribution is 2.24. The quantitative estimate of drug-likeness (QED) is 0.532. The van der Waals surface area contributed by atoms with Crippen LogP contribution in [0.1, 0.15) is 26.3 Å². The fourth-order valence-corrected chi connectivity index (χ4v) is 2.52. The summed E-state index contributed by atoms with van der Waals surface area (Å²) in [4.78, 5) is 35.4. The lowest BCUT2D eigenvalue weighted by Gasteiger charge is -2.05. The van der Waals surface area contributed by atoms with E-state index in [1.165, 1.54) is 13.2 Å². The van der Waals surface area contributed by atoms with Gasteiger partial charge in [0.1, 0.15) is 5.56 Å². The van der Waals surface area contributed by atoms with E-state index in [1.807, 2.05) is 0 Å². The Hall–Kier alpha value is -4.05. The van der Waals surface area contributed by atoms with Crippen molar-refractivity contribution >= 4 is 22.8 Å². The van der Waals surface area contributed by atoms with Crippen molar-refractivity contribution in [1.82, 2.24) is 5.32 Å². The van der Waals surface area contributed by atoms with Gasteiger partial charge in [-0.15, -0.1) is 0 Å². The number of benzene rings is 2. The van der Waals surface area contributed by atoms with Crippen LogP contribution in [0, 0.1) is 11.8 Å². The van der Waals surface area contributed by atoms with E-state index in [9.17, 15) is 14.4 Å². The lowest BCUT2D eigenvalue weighted by Crippen LogP contribution is -2.28. The summed E-state index contributed by atoms with van der Waals surface area (Å²) in [5, 5.41) is 3.13. The predicted octanol–water partition coefficient (Wildman–Crippen LogP) is 1.68. The van der Waals surface area contributed by atoms with Gasteiger partial charge in [0.15, 0.2) is 11.3 Å². The number of primary amides is 1. The predicted molar refractivity (Wildman–Crippen MR) is 103 cm³/mol. The maximum atomic E-state index is 12.3. The van der Waals surface area contributed by atoms with E-state index in [2.05, 4.69) is 17.2 Å². The Morgan fingerprint density at radius 3 is 2.61 bits per heavy atom. The molecule has 3 rings (SSSR count). The second-order valence-corrected chi connectivity index (χ2v) is 5.75. The highest BCUT2D eigenvalue weighted by atomic mass is 16.5. The average Bonchev–Trinajstić information content (AvgIpc) is 2.70. The number of para-hydroxylation sites is 1. The molecule has 0 aliphatic carbocycles. The van der Waals surface area contributed by atoms with Crippen LogP contribution >= 0.6 is 0 Å². The van der Waals surface area contributed by atoms with Gasteiger partial charge in [-0.25, -0.2) is 4.79 Å². The van der Waals surface area contributed by atoms with Gasteiger partial charge in [-0.05, 0) is 36.4 Å². The zero-order valence-corrected chi connectivity index (χ0v) is 14.9. The molecule has 0 aliphatic heterocycles. The summed E-state index contributed by atoms with van der Waals surface area (Å²) in [6.45, 7) is 0.0337. The van der Waals surface area contributed by atoms with Gasteiger partial charge in [-0.2, -0.15) is 0 Å². The molecule has 0 unspecified atom stereocenters. The number of nitrogens with one attached hydrogen (secondary N) is 1. The Labute approximate surface area is 160 Å². The summed E-state index contributed by atoms with van der Waals surface area (Å²) in [6, 6.07) is 13.0. The van der Waals surface area contributed by atoms with Crippen LogP contribution in [-0.2, 0) is 0 Å². The molecule has 3 N–H and O–H groups in total. The first-order valence-corrected chi connectivity index (χ1v) is 8.27. The van der Waals surface area contributed by atoms with Crippen LogP contribution in [-0.4, -0.2) is 25.5 Å². The van der Waals surface area contributed by atoms with Gasteiger partial charge in [0.25, 0.3) is 5.91 Å². The zero-order valence-electron chi connectivity index (χ0n) is 14.9. The van der Waals surface area contributed by atoms with Gasteiger partial charge in [-0.3, -0.25) is 9.59 Å². The topological polar surface area (TPSA) is 112 Å². The van der Waals surface area contributed by atoms with E-state index in [0.717, 1.165) is 0 Å². The van der Waals surface area contributed by atoms with Gasteiger partial charge in [-0.1, -0.05) is 24.0 Å². The average molecular weight is 376 g/mol. The first kappa shape index (κ1) is 18.7. The number of rotatable bonds is 4. The van der Waals surface area contributed by atoms with Crippen LogP contribution in [0.15, 0.2) is 57.7 Å². The molecular formula is C21H16N2O5. The molecule has 1 heterocycles. The van der Waals surface area contributed by atoms with Crippen molar-refractivity contribution in [3.8, 4) is 17.6 Å². The highest BCUT2D eigenvalue weighted by molar-refractivity contribution is 5.97. The Bertz CT molecular complexity index is 1170. The molecule has 0 saturated carbocycles. The fourth-order valence-electron chi connectivity index (χ4n) is 2.52. The SMILES string of the molecule is COc1cccc2cc(C(=O)NCC#Cc3ccc(C(N)=O)cc3)c(=O)oc12. The molecule has 0 atom stereocenters. The number of hydrogen-bond donors (Lipinski definition) is 2. The van der Waals surface area contributed by atoms with Crippen molar-refractivity contribution in [3.05, 3.63) is 75.6 Å². The van der Waals surface area contributed by atoms with Gasteiger partial charge in [0, 0.05) is 16.5 Å². The van der Waals surface area contributed by atoms with E-state index in [4.69, 9.17) is 14.9 Å². The van der Waals surface area contributed by atoms with Crippen LogP contribution in [0.2, 0.25) is 0 Å². The minimum atomic E-state index is -0.760. The standard InChI is InChI=1S/C21H16N2O5/c1-27-17-6-2-5-15-12-16(21(26)28-18(15)17)20(25)23-11-3-4-13-7-9-14(10-8-13)19(22)24/h2,5-10,12H,11H2,1H3,(H2,22,24)(H,23,25). The van der Waals surface area contributed by atoms with Crippen LogP contribution < -0.4 is 21.4 Å². The molecule has 2 aromatic carbocycles. The minimum Gasteiger partial charge on any atom is -0.493 e. The Morgan fingerprint density at radius 2 is 1.93 bits per heavy atom. The molecule has 3 aromatic rings. The van der Waals surface area contributed by atoms with Crippen molar-refractivity contribution in [2.45, 2.75) is 0 Å². The normalized spacial score (nSPS) is 10.0. The summed E-state index contributed by atoms with van der Waals surface area (Å²) in [5.74, 6) is 4.93. The van der Waals surface area contributed by atoms with Crippen molar-refractivity contribution in [3.63, 3.8) is 0 Å². The lowest BCUT2D eigenvalue weighted by molar-refractivity contribution is 0.0953. The molecule has 0 aliphatic rings. The number of fused-ring (bicyclic) bond motifs is 1. The first-order chi connectivity index (χ1) is 13.5. The van der Waals surface area contributed by atoms with Crippen LogP contribution in [0.3, 0.4) is 0 Å². The number of amides is 2. The monoisotopic (exact) mass is 376 g/mol. The van der Waals surface area contributed by atoms with E-state index in [-0.39, 0.29) is 17.7 Å². The molecule has 7 nitrogen and oxygen atoms in total. The van der Waals surface area contributed by atoms with Crippen molar-refractivity contribution in [2.24, 2.45) is 5.73 Å². The Kier molecular flexibility index (Phi) is 5.42. The molecule has 140 valence electrons. The number of ether oxygens (including phenoxy) is 1. The molecule has 0 radical (unpaired) electrons. The number of carbonyl (C=O) groups excluding carboxylic acids is 2. The number of hydrogen-bond acceptors (Lipinski definition) is 5. The molecule has 0 saturated heterocycles. The minimum absolute atomic E-state index is 0.0337. The summed E-state index contributed by atoms with van der Waals surface area (Å²) in [5.41, 5.74) is 5.63. The fraction of sp³-hybridized carbons (Fsp3) is 0.0952. The molecular weight excluding hydrogens is 360 g/mol. The third-order valence-electron chi connectivity index (χ3n) is 3.93. The van der Waals surface area contributed by atoms with Gasteiger partial charge in [0.05, 0.1) is 13.7 Å². The molecule has 0 bridgehead atoms. The number of nitrogens with two attached hydrogens (primary N) is 1. The third-order valence-corrected chi connectivity index (χ3v) is 3.93. The van der Waals surface area contributed by atoms with E-state index in [1.54, 1.807) is 42.5 Å². The van der Waals surface area contributed by atoms with Crippen LogP contribution in [0.25, 0.3) is 11.0 Å². The maximum Gasteiger partial charge on any atom is 0.349 e. The van der Waals surface area contributed by atoms with Crippen molar-refractivity contribution in [1.29, 1.82) is 0 Å². The molecule has 1 aromatic heterocycles. The van der Waals surface area contributed by atoms with E-state index >= 15 is 0 Å². The van der Waals surface area contributed by atoms with Crippen LogP contribution in [0.5, 0.6) is 5.75 Å². The summed E-state index contributed by atoms with van der Waals surface area (Å²) in [7, 11) is 1.47. The smallest absolute Gasteiger partial charge is 0.349 e. The Morgan fingerprint density at radius 1 is 1.18 bits per heavy atom. The van der Waals surface area contributed by atoms with Crippen molar-refractivity contribution < 1.29 is 18.7 Å². The molecule has 0 fully saturated rings. The number of methoxy groups -OCH3 is 1. The molecule has 28 heavy (non-hydrogen) atoms. The summed E-state index contributed by atoms with van der Waals surface area (Å²) in [6.07, 6.45) is 0. The van der Waals surface area contributed by atoms with Crippen LogP contribution in [0.4, 0.5) is 0 Å². The maximum absolute atomic E-state index is 12.3. The first-order valence-electron chi connectivity index (χ1n) is 8.27. The van der Waals surface area contributed by atoms with E-state index in [0.29, 0.717) is 22.3 Å². The Balaban J connectivity index is 1.71. The number of carbonyl (C=O) groups is 2. The van der Waals surface area contributed by atoms with E-state index < -0.39 is 17.4 Å². The van der Waals surface area contributed by atoms with Crippen molar-refractivity contribution in [2.75, 3.05) is 13.7 Å². The second-order valence-electron chi connectivity index (χ2n) is 5.75. The molecule has 7 heteroatoms. The lowest BCUT2D eigenvalue weighted by atomic mass is 10.1. The highest BCUT2D eigenvalue weighted by Gasteiger charge is 2.14. The summed E-state index contributed by atoms with van der Waals surface area (Å²) < 4.78 is 10.4. The zero-order chi connectivity index (χ0) is 20.1.